The molecule has 1 amide bonds. The van der Waals surface area contributed by atoms with Gasteiger partial charge >= 0.3 is 6.09 Å². The normalized spacial score (nSPS) is 14.7. The number of rotatable bonds is 5. The number of nitrogens with one attached hydrogen (secondary N) is 2. The quantitative estimate of drug-likeness (QED) is 0.608. The first-order chi connectivity index (χ1) is 14.1. The molecule has 1 aromatic heterocycles. The van der Waals surface area contributed by atoms with Gasteiger partial charge in [-0.05, 0) is 30.5 Å². The van der Waals surface area contributed by atoms with Gasteiger partial charge in [0.2, 0.25) is 0 Å². The van der Waals surface area contributed by atoms with Gasteiger partial charge in [-0.25, -0.2) is 9.78 Å². The van der Waals surface area contributed by atoms with Crippen molar-refractivity contribution in [3.63, 3.8) is 0 Å². The summed E-state index contributed by atoms with van der Waals surface area (Å²) in [6, 6.07) is 13.6. The molecule has 1 saturated carbocycles. The molecule has 0 aliphatic heterocycles. The molecule has 0 spiro atoms. The van der Waals surface area contributed by atoms with Crippen LogP contribution in [0.3, 0.4) is 0 Å². The summed E-state index contributed by atoms with van der Waals surface area (Å²) in [6.45, 7) is 0.237. The fraction of sp³-hybridized carbons (Fsp3) is 0.391. The average molecular weight is 393 g/mol. The summed E-state index contributed by atoms with van der Waals surface area (Å²) in [6.07, 6.45) is 5.77. The molecule has 1 fully saturated rings. The van der Waals surface area contributed by atoms with Gasteiger partial charge in [-0.15, -0.1) is 0 Å². The van der Waals surface area contributed by atoms with Crippen molar-refractivity contribution in [3.8, 4) is 0 Å². The highest BCUT2D eigenvalue weighted by molar-refractivity contribution is 5.95. The maximum absolute atomic E-state index is 12.4. The Kier molecular flexibility index (Phi) is 5.69. The number of H-pyrrole nitrogens is 1. The van der Waals surface area contributed by atoms with Crippen LogP contribution in [0.25, 0.3) is 11.0 Å². The van der Waals surface area contributed by atoms with Gasteiger partial charge in [0.05, 0.1) is 22.4 Å². The summed E-state index contributed by atoms with van der Waals surface area (Å²) in [5.74, 6) is 1.57. The average Bonchev–Trinajstić information content (AvgIpc) is 3.16. The molecule has 0 unspecified atom stereocenters. The molecule has 0 saturated heterocycles. The first-order valence-electron chi connectivity index (χ1n) is 10.3. The monoisotopic (exact) mass is 392 g/mol. The zero-order valence-corrected chi connectivity index (χ0v) is 17.1. The van der Waals surface area contributed by atoms with E-state index in [0.717, 1.165) is 28.1 Å². The van der Waals surface area contributed by atoms with Gasteiger partial charge < -0.3 is 14.6 Å². The third-order valence-electron chi connectivity index (χ3n) is 5.54. The second-order valence-corrected chi connectivity index (χ2v) is 7.92. The minimum absolute atomic E-state index is 0.237. The number of carbonyl (C=O) groups is 1. The Hall–Kier alpha value is -3.02. The minimum atomic E-state index is -0.473. The van der Waals surface area contributed by atoms with E-state index in [0.29, 0.717) is 11.6 Å². The zero-order valence-electron chi connectivity index (χ0n) is 17.1. The van der Waals surface area contributed by atoms with E-state index in [1.807, 2.05) is 61.5 Å². The van der Waals surface area contributed by atoms with Crippen LogP contribution in [0.4, 0.5) is 16.2 Å². The number of anilines is 2. The number of carbonyl (C=O) groups excluding carboxylic acids is 1. The van der Waals surface area contributed by atoms with Crippen LogP contribution in [0.15, 0.2) is 42.5 Å². The van der Waals surface area contributed by atoms with Crippen LogP contribution in [0.5, 0.6) is 0 Å². The highest BCUT2D eigenvalue weighted by Gasteiger charge is 2.20. The van der Waals surface area contributed by atoms with Crippen LogP contribution in [-0.2, 0) is 11.3 Å². The highest BCUT2D eigenvalue weighted by atomic mass is 16.5. The molecule has 0 radical (unpaired) electrons. The molecule has 1 aliphatic rings. The molecular weight excluding hydrogens is 364 g/mol. The van der Waals surface area contributed by atoms with Crippen LogP contribution >= 0.6 is 0 Å². The van der Waals surface area contributed by atoms with Crippen LogP contribution in [0.2, 0.25) is 0 Å². The number of imidazole rings is 1. The van der Waals surface area contributed by atoms with E-state index < -0.39 is 6.09 Å². The standard InChI is InChI=1S/C23H28N4O2/c1-27(2)21-14-19-18(24-22(25-19)17-11-7-4-8-12-17)13-20(21)26-23(28)29-15-16-9-5-3-6-10-16/h3,5-6,9-10,13-14,17H,4,7-8,11-12,15H2,1-2H3,(H,24,25)(H,26,28). The Labute approximate surface area is 171 Å². The van der Waals surface area contributed by atoms with E-state index in [1.165, 1.54) is 32.1 Å². The fourth-order valence-corrected chi connectivity index (χ4v) is 3.97. The van der Waals surface area contributed by atoms with Crippen molar-refractivity contribution in [1.82, 2.24) is 9.97 Å². The number of aromatic nitrogens is 2. The van der Waals surface area contributed by atoms with Crippen molar-refractivity contribution in [2.45, 2.75) is 44.6 Å². The Morgan fingerprint density at radius 2 is 1.93 bits per heavy atom. The van der Waals surface area contributed by atoms with E-state index in [2.05, 4.69) is 10.3 Å². The van der Waals surface area contributed by atoms with E-state index in [-0.39, 0.29) is 6.61 Å². The highest BCUT2D eigenvalue weighted by Crippen LogP contribution is 2.34. The molecule has 0 bridgehead atoms. The van der Waals surface area contributed by atoms with Gasteiger partial charge in [0.1, 0.15) is 12.4 Å². The number of nitrogens with zero attached hydrogens (tertiary/aromatic N) is 2. The van der Waals surface area contributed by atoms with Crippen molar-refractivity contribution < 1.29 is 9.53 Å². The smallest absolute Gasteiger partial charge is 0.412 e. The second-order valence-electron chi connectivity index (χ2n) is 7.92. The molecule has 2 N–H and O–H groups in total. The third kappa shape index (κ3) is 4.53. The van der Waals surface area contributed by atoms with Crippen molar-refractivity contribution in [1.29, 1.82) is 0 Å². The number of amides is 1. The summed E-state index contributed by atoms with van der Waals surface area (Å²) in [5, 5.41) is 2.89. The molecule has 152 valence electrons. The number of fused-ring (bicyclic) bond motifs is 1. The molecule has 4 rings (SSSR count). The molecule has 2 aromatic carbocycles. The van der Waals surface area contributed by atoms with E-state index in [1.54, 1.807) is 0 Å². The molecule has 29 heavy (non-hydrogen) atoms. The molecule has 3 aromatic rings. The number of hydrogen-bond donors (Lipinski definition) is 2. The predicted molar refractivity (Wildman–Crippen MR) is 116 cm³/mol. The van der Waals surface area contributed by atoms with Crippen molar-refractivity contribution in [2.75, 3.05) is 24.3 Å². The lowest BCUT2D eigenvalue weighted by Crippen LogP contribution is -2.17. The fourth-order valence-electron chi connectivity index (χ4n) is 3.97. The third-order valence-corrected chi connectivity index (χ3v) is 5.54. The molecule has 6 nitrogen and oxygen atoms in total. The zero-order chi connectivity index (χ0) is 20.2. The SMILES string of the molecule is CN(C)c1cc2[nH]c(C3CCCCC3)nc2cc1NC(=O)OCc1ccccc1. The number of benzene rings is 2. The van der Waals surface area contributed by atoms with Crippen molar-refractivity contribution >= 4 is 28.5 Å². The molecule has 1 aliphatic carbocycles. The minimum Gasteiger partial charge on any atom is -0.444 e. The first kappa shape index (κ1) is 19.3. The van der Waals surface area contributed by atoms with Gasteiger partial charge in [0, 0.05) is 20.0 Å². The van der Waals surface area contributed by atoms with Crippen LogP contribution in [-0.4, -0.2) is 30.2 Å². The maximum atomic E-state index is 12.4. The Morgan fingerprint density at radius 3 is 2.66 bits per heavy atom. The van der Waals surface area contributed by atoms with Gasteiger partial charge in [-0.1, -0.05) is 49.6 Å². The van der Waals surface area contributed by atoms with Crippen LogP contribution in [0, 0.1) is 0 Å². The summed E-state index contributed by atoms with van der Waals surface area (Å²) in [4.78, 5) is 22.7. The molecular formula is C23H28N4O2. The lowest BCUT2D eigenvalue weighted by Gasteiger charge is -2.19. The van der Waals surface area contributed by atoms with E-state index >= 15 is 0 Å². The molecule has 6 heteroatoms. The Balaban J connectivity index is 1.53. The number of aromatic amines is 1. The van der Waals surface area contributed by atoms with Gasteiger partial charge in [-0.3, -0.25) is 5.32 Å². The molecule has 0 atom stereocenters. The number of ether oxygens (including phenoxy) is 1. The van der Waals surface area contributed by atoms with Crippen LogP contribution < -0.4 is 10.2 Å². The predicted octanol–water partition coefficient (Wildman–Crippen LogP) is 5.43. The largest absolute Gasteiger partial charge is 0.444 e. The Morgan fingerprint density at radius 1 is 1.17 bits per heavy atom. The molecule has 1 heterocycles. The first-order valence-corrected chi connectivity index (χ1v) is 10.3. The topological polar surface area (TPSA) is 70.2 Å². The van der Waals surface area contributed by atoms with Gasteiger partial charge in [0.15, 0.2) is 0 Å². The van der Waals surface area contributed by atoms with Crippen LogP contribution in [0.1, 0.15) is 49.4 Å². The summed E-state index contributed by atoms with van der Waals surface area (Å²) < 4.78 is 5.38. The van der Waals surface area contributed by atoms with Gasteiger partial charge in [0.25, 0.3) is 0 Å². The summed E-state index contributed by atoms with van der Waals surface area (Å²) >= 11 is 0. The van der Waals surface area contributed by atoms with Gasteiger partial charge in [-0.2, -0.15) is 0 Å². The lowest BCUT2D eigenvalue weighted by atomic mass is 9.89. The lowest BCUT2D eigenvalue weighted by molar-refractivity contribution is 0.155. The van der Waals surface area contributed by atoms with Crippen molar-refractivity contribution in [2.24, 2.45) is 0 Å². The summed E-state index contributed by atoms with van der Waals surface area (Å²) in [5.41, 5.74) is 4.43. The van der Waals surface area contributed by atoms with E-state index in [9.17, 15) is 4.79 Å². The maximum Gasteiger partial charge on any atom is 0.412 e. The van der Waals surface area contributed by atoms with E-state index in [4.69, 9.17) is 9.72 Å². The number of hydrogen-bond acceptors (Lipinski definition) is 4. The van der Waals surface area contributed by atoms with Crippen molar-refractivity contribution in [3.05, 3.63) is 53.9 Å². The summed E-state index contributed by atoms with van der Waals surface area (Å²) in [7, 11) is 3.92. The Bertz CT molecular complexity index is 975. The second kappa shape index (κ2) is 8.55.